The number of pyridine rings is 4. The van der Waals surface area contributed by atoms with Crippen LogP contribution in [0.15, 0.2) is 82.9 Å². The number of aromatic carboxylic acids is 1. The van der Waals surface area contributed by atoms with Crippen molar-refractivity contribution < 1.29 is 14.7 Å². The average Bonchev–Trinajstić information content (AvgIpc) is 4.03. The number of carboxylic acids is 1. The highest BCUT2D eigenvalue weighted by molar-refractivity contribution is 6.06. The van der Waals surface area contributed by atoms with E-state index in [1.165, 1.54) is 63.8 Å². The van der Waals surface area contributed by atoms with Gasteiger partial charge >= 0.3 is 5.97 Å². The Morgan fingerprint density at radius 1 is 0.667 bits per heavy atom. The monoisotopic (exact) mass is 830 g/mol. The Morgan fingerprint density at radius 2 is 1.10 bits per heavy atom. The molecule has 4 aliphatic rings. The first-order chi connectivity index (χ1) is 28.4. The summed E-state index contributed by atoms with van der Waals surface area (Å²) in [6.45, 7) is 7.67. The summed E-state index contributed by atoms with van der Waals surface area (Å²) in [5.41, 5.74) is 11.5. The average molecular weight is 831 g/mol. The lowest BCUT2D eigenvalue weighted by atomic mass is 10.0. The number of benzene rings is 2. The standard InChI is InChI=1S/C23H24N4O2.C12H17N3.C11H9NO3.ClH/c1-13-4-3-5-18-21(13)22(28)17(11-24-18)23(29)26-19-12-25-20(10-14(19)2)27-15-6-7-16(27)9-8-15;1-8-6-12(14-7-11(8)13)15-9-2-3-10(15)5-4-9;1-6-3-2-4-8-9(6)10(13)7(5-12-8)11(14)15;/h3-5,10-12,15-16H,6-9H2,1-2H3,(H,24,28)(H,26,29);6-7,9-10H,2-5,13H2,1H3;2-5H,1H3,(H,12,13)(H,14,15);1H. The molecule has 4 saturated heterocycles. The molecule has 60 heavy (non-hydrogen) atoms. The van der Waals surface area contributed by atoms with Crippen LogP contribution >= 0.6 is 12.4 Å². The number of anilines is 4. The van der Waals surface area contributed by atoms with Gasteiger partial charge in [-0.05, 0) is 126 Å². The number of rotatable bonds is 5. The molecular formula is C46H51ClN8O5. The van der Waals surface area contributed by atoms with Gasteiger partial charge in [-0.3, -0.25) is 14.4 Å². The first kappa shape index (κ1) is 41.9. The Bertz CT molecular complexity index is 2690. The largest absolute Gasteiger partial charge is 0.477 e. The van der Waals surface area contributed by atoms with Gasteiger partial charge in [0.1, 0.15) is 22.8 Å². The number of hydrogen-bond donors (Lipinski definition) is 5. The van der Waals surface area contributed by atoms with Crippen LogP contribution < -0.4 is 31.7 Å². The topological polar surface area (TPSA) is 190 Å². The van der Waals surface area contributed by atoms with Crippen molar-refractivity contribution in [3.05, 3.63) is 127 Å². The van der Waals surface area contributed by atoms with Crippen LogP contribution in [0.3, 0.4) is 0 Å². The summed E-state index contributed by atoms with van der Waals surface area (Å²) in [6, 6.07) is 17.8. The molecule has 10 rings (SSSR count). The number of carbonyl (C=O) groups is 2. The van der Waals surface area contributed by atoms with Crippen LogP contribution in [0.1, 0.15) is 94.3 Å². The van der Waals surface area contributed by atoms with Gasteiger partial charge in [0.2, 0.25) is 10.9 Å². The SMILES string of the molecule is Cc1cc(N2C3CCC2CC3)ncc1N.Cc1cc(N2C3CCC2CC3)ncc1NC(=O)c1c[nH]c2cccc(C)c2c1=O.Cc1cccc2[nH]cc(C(=O)O)c(=O)c12.Cl. The minimum atomic E-state index is -1.21. The van der Waals surface area contributed by atoms with E-state index in [9.17, 15) is 19.2 Å². The molecule has 0 aliphatic carbocycles. The van der Waals surface area contributed by atoms with Gasteiger partial charge in [0, 0.05) is 58.4 Å². The van der Waals surface area contributed by atoms with Gasteiger partial charge in [0.05, 0.1) is 23.8 Å². The lowest BCUT2D eigenvalue weighted by Gasteiger charge is -2.24. The van der Waals surface area contributed by atoms with Crippen LogP contribution in [-0.2, 0) is 0 Å². The highest BCUT2D eigenvalue weighted by Crippen LogP contribution is 2.41. The number of fused-ring (bicyclic) bond motifs is 6. The van der Waals surface area contributed by atoms with Crippen molar-refractivity contribution in [3.63, 3.8) is 0 Å². The summed E-state index contributed by atoms with van der Waals surface area (Å²) in [5.74, 6) is 0.494. The first-order valence-corrected chi connectivity index (χ1v) is 20.4. The lowest BCUT2D eigenvalue weighted by Crippen LogP contribution is -2.29. The zero-order valence-electron chi connectivity index (χ0n) is 34.2. The molecule has 13 nitrogen and oxygen atoms in total. The van der Waals surface area contributed by atoms with Crippen molar-refractivity contribution in [2.24, 2.45) is 0 Å². The third-order valence-electron chi connectivity index (χ3n) is 12.6. The summed E-state index contributed by atoms with van der Waals surface area (Å²) >= 11 is 0. The molecule has 2 aromatic carbocycles. The number of H-pyrrole nitrogens is 2. The fraction of sp³-hybridized carbons (Fsp3) is 0.348. The summed E-state index contributed by atoms with van der Waals surface area (Å²) in [7, 11) is 0. The Morgan fingerprint density at radius 3 is 1.55 bits per heavy atom. The Balaban J connectivity index is 0.000000148. The molecule has 0 saturated carbocycles. The number of nitrogen functional groups attached to an aromatic ring is 1. The van der Waals surface area contributed by atoms with Crippen LogP contribution in [0, 0.1) is 27.7 Å². The molecule has 4 aromatic heterocycles. The van der Waals surface area contributed by atoms with Crippen molar-refractivity contribution in [1.82, 2.24) is 19.9 Å². The van der Waals surface area contributed by atoms with E-state index < -0.39 is 17.3 Å². The molecule has 14 heteroatoms. The maximum absolute atomic E-state index is 12.9. The number of nitrogens with one attached hydrogen (secondary N) is 3. The molecule has 4 aliphatic heterocycles. The van der Waals surface area contributed by atoms with Gasteiger partial charge in [-0.1, -0.05) is 24.3 Å². The molecule has 4 bridgehead atoms. The normalized spacial score (nSPS) is 19.7. The van der Waals surface area contributed by atoms with E-state index in [0.29, 0.717) is 34.1 Å². The van der Waals surface area contributed by atoms with E-state index in [2.05, 4.69) is 48.0 Å². The van der Waals surface area contributed by atoms with Crippen LogP contribution in [0.25, 0.3) is 21.8 Å². The quantitative estimate of drug-likeness (QED) is 0.114. The molecule has 0 atom stereocenters. The van der Waals surface area contributed by atoms with Gasteiger partial charge in [-0.2, -0.15) is 0 Å². The number of amides is 1. The van der Waals surface area contributed by atoms with Crippen molar-refractivity contribution in [3.8, 4) is 0 Å². The Kier molecular flexibility index (Phi) is 12.0. The molecule has 0 radical (unpaired) electrons. The molecule has 8 heterocycles. The fourth-order valence-electron chi connectivity index (χ4n) is 9.48. The molecule has 1 amide bonds. The molecule has 6 aromatic rings. The molecule has 0 spiro atoms. The Hall–Kier alpha value is -6.21. The van der Waals surface area contributed by atoms with Crippen LogP contribution in [0.2, 0.25) is 0 Å². The van der Waals surface area contributed by atoms with E-state index in [-0.39, 0.29) is 29.0 Å². The maximum atomic E-state index is 12.9. The molecule has 4 fully saturated rings. The summed E-state index contributed by atoms with van der Waals surface area (Å²) < 4.78 is 0. The smallest absolute Gasteiger partial charge is 0.341 e. The van der Waals surface area contributed by atoms with Gasteiger partial charge in [0.15, 0.2) is 0 Å². The number of carbonyl (C=O) groups excluding carboxylic acids is 1. The number of halogens is 1. The van der Waals surface area contributed by atoms with E-state index in [4.69, 9.17) is 10.8 Å². The highest BCUT2D eigenvalue weighted by Gasteiger charge is 2.41. The number of aromatic nitrogens is 4. The molecule has 0 unspecified atom stereocenters. The van der Waals surface area contributed by atoms with E-state index in [0.717, 1.165) is 57.2 Å². The van der Waals surface area contributed by atoms with Gasteiger partial charge in [-0.25, -0.2) is 14.8 Å². The zero-order chi connectivity index (χ0) is 41.5. The molecule has 312 valence electrons. The van der Waals surface area contributed by atoms with Crippen molar-refractivity contribution >= 4 is 69.1 Å². The summed E-state index contributed by atoms with van der Waals surface area (Å²) in [5, 5.41) is 12.7. The number of hydrogen-bond acceptors (Lipinski definition) is 9. The minimum Gasteiger partial charge on any atom is -0.477 e. The van der Waals surface area contributed by atoms with Crippen LogP contribution in [-0.4, -0.2) is 61.1 Å². The first-order valence-electron chi connectivity index (χ1n) is 20.4. The summed E-state index contributed by atoms with van der Waals surface area (Å²) in [6.07, 6.45) is 16.6. The van der Waals surface area contributed by atoms with Crippen LogP contribution in [0.5, 0.6) is 0 Å². The molecular weight excluding hydrogens is 780 g/mol. The maximum Gasteiger partial charge on any atom is 0.341 e. The second-order valence-electron chi connectivity index (χ2n) is 16.3. The second-order valence-corrected chi connectivity index (χ2v) is 16.3. The zero-order valence-corrected chi connectivity index (χ0v) is 35.1. The molecule has 6 N–H and O–H groups in total. The van der Waals surface area contributed by atoms with E-state index in [1.54, 1.807) is 31.5 Å². The second kappa shape index (κ2) is 17.2. The third kappa shape index (κ3) is 7.93. The number of aromatic amines is 2. The van der Waals surface area contributed by atoms with Crippen molar-refractivity contribution in [1.29, 1.82) is 0 Å². The van der Waals surface area contributed by atoms with E-state index in [1.807, 2.05) is 44.2 Å². The highest BCUT2D eigenvalue weighted by atomic mass is 35.5. The predicted octanol–water partition coefficient (Wildman–Crippen LogP) is 7.98. The number of carboxylic acid groups (broad SMARTS) is 1. The lowest BCUT2D eigenvalue weighted by molar-refractivity contribution is 0.0695. The van der Waals surface area contributed by atoms with Crippen LogP contribution in [0.4, 0.5) is 23.0 Å². The van der Waals surface area contributed by atoms with Crippen molar-refractivity contribution in [2.45, 2.75) is 103 Å². The van der Waals surface area contributed by atoms with Gasteiger partial charge in [-0.15, -0.1) is 12.4 Å². The minimum absolute atomic E-state index is 0. The number of nitrogens with two attached hydrogens (primary N) is 1. The number of nitrogens with zero attached hydrogens (tertiary/aromatic N) is 4. The fourth-order valence-corrected chi connectivity index (χ4v) is 9.48. The van der Waals surface area contributed by atoms with Gasteiger partial charge in [0.25, 0.3) is 5.91 Å². The third-order valence-corrected chi connectivity index (χ3v) is 12.6. The number of aryl methyl sites for hydroxylation is 4. The Labute approximate surface area is 353 Å². The summed E-state index contributed by atoms with van der Waals surface area (Å²) in [4.78, 5) is 68.1. The van der Waals surface area contributed by atoms with E-state index >= 15 is 0 Å². The predicted molar refractivity (Wildman–Crippen MR) is 240 cm³/mol. The van der Waals surface area contributed by atoms with Crippen molar-refractivity contribution in [2.75, 3.05) is 20.9 Å². The van der Waals surface area contributed by atoms with Gasteiger partial charge < -0.3 is 35.9 Å².